The lowest BCUT2D eigenvalue weighted by Crippen LogP contribution is -2.32. The third-order valence-corrected chi connectivity index (χ3v) is 5.22. The first kappa shape index (κ1) is 15.8. The van der Waals surface area contributed by atoms with E-state index in [1.807, 2.05) is 4.90 Å². The summed E-state index contributed by atoms with van der Waals surface area (Å²) in [6.45, 7) is 7.93. The van der Waals surface area contributed by atoms with Gasteiger partial charge in [0.1, 0.15) is 0 Å². The number of carbonyl (C=O) groups excluding carboxylic acids is 1. The fraction of sp³-hybridized carbons (Fsp3) is 0.381. The number of benzene rings is 2. The molecule has 2 atom stereocenters. The molecule has 1 aliphatic carbocycles. The average Bonchev–Trinajstić information content (AvgIpc) is 2.59. The van der Waals surface area contributed by atoms with E-state index < -0.39 is 0 Å². The number of hydrogen-bond donors (Lipinski definition) is 0. The van der Waals surface area contributed by atoms with Crippen LogP contribution in [-0.2, 0) is 4.79 Å². The molecule has 0 heterocycles. The van der Waals surface area contributed by atoms with E-state index in [1.165, 1.54) is 22.3 Å². The van der Waals surface area contributed by atoms with Gasteiger partial charge in [-0.1, -0.05) is 55.5 Å². The summed E-state index contributed by atoms with van der Waals surface area (Å²) < 4.78 is 0. The summed E-state index contributed by atoms with van der Waals surface area (Å²) in [6, 6.07) is 17.2. The largest absolute Gasteiger partial charge is 0.343 e. The molecule has 0 saturated heterocycles. The first-order valence-corrected chi connectivity index (χ1v) is 8.63. The molecule has 1 aliphatic rings. The number of rotatable bonds is 4. The molecule has 23 heavy (non-hydrogen) atoms. The summed E-state index contributed by atoms with van der Waals surface area (Å²) in [5.41, 5.74) is 5.29. The van der Waals surface area contributed by atoms with E-state index in [0.29, 0.717) is 12.3 Å². The molecule has 3 rings (SSSR count). The maximum atomic E-state index is 12.7. The van der Waals surface area contributed by atoms with Crippen molar-refractivity contribution < 1.29 is 4.79 Å². The highest BCUT2D eigenvalue weighted by Gasteiger charge is 2.32. The smallest absolute Gasteiger partial charge is 0.223 e. The van der Waals surface area contributed by atoms with E-state index in [0.717, 1.165) is 13.1 Å². The van der Waals surface area contributed by atoms with Crippen molar-refractivity contribution in [3.63, 3.8) is 0 Å². The Morgan fingerprint density at radius 1 is 0.913 bits per heavy atom. The Balaban J connectivity index is 2.01. The van der Waals surface area contributed by atoms with Crippen molar-refractivity contribution in [2.75, 3.05) is 13.1 Å². The highest BCUT2D eigenvalue weighted by Crippen LogP contribution is 2.48. The van der Waals surface area contributed by atoms with Crippen LogP contribution in [0.15, 0.2) is 48.5 Å². The lowest BCUT2D eigenvalue weighted by molar-refractivity contribution is -0.131. The fourth-order valence-corrected chi connectivity index (χ4v) is 3.87. The third kappa shape index (κ3) is 2.78. The Hall–Kier alpha value is -2.09. The van der Waals surface area contributed by atoms with Gasteiger partial charge < -0.3 is 4.90 Å². The van der Waals surface area contributed by atoms with Gasteiger partial charge in [-0.05, 0) is 47.9 Å². The fourth-order valence-electron chi connectivity index (χ4n) is 3.87. The van der Waals surface area contributed by atoms with Gasteiger partial charge in [-0.3, -0.25) is 4.79 Å². The Morgan fingerprint density at radius 3 is 2.04 bits per heavy atom. The highest BCUT2D eigenvalue weighted by molar-refractivity contribution is 5.80. The summed E-state index contributed by atoms with van der Waals surface area (Å²) in [6.07, 6.45) is 0.591. The van der Waals surface area contributed by atoms with Crippen molar-refractivity contribution >= 4 is 5.91 Å². The van der Waals surface area contributed by atoms with E-state index in [-0.39, 0.29) is 11.8 Å². The van der Waals surface area contributed by atoms with Crippen molar-refractivity contribution in [2.45, 2.75) is 39.0 Å². The molecule has 2 aromatic carbocycles. The third-order valence-electron chi connectivity index (χ3n) is 5.22. The van der Waals surface area contributed by atoms with E-state index >= 15 is 0 Å². The zero-order chi connectivity index (χ0) is 16.4. The van der Waals surface area contributed by atoms with E-state index in [9.17, 15) is 4.79 Å². The summed E-state index contributed by atoms with van der Waals surface area (Å²) in [7, 11) is 0. The van der Waals surface area contributed by atoms with Crippen LogP contribution < -0.4 is 0 Å². The molecule has 2 nitrogen and oxygen atoms in total. The van der Waals surface area contributed by atoms with Gasteiger partial charge in [0.05, 0.1) is 0 Å². The minimum Gasteiger partial charge on any atom is -0.343 e. The number of carbonyl (C=O) groups is 1. The predicted octanol–water partition coefficient (Wildman–Crippen LogP) is 4.81. The molecule has 2 heteroatoms. The number of amides is 1. The second-order valence-electron chi connectivity index (χ2n) is 6.34. The summed E-state index contributed by atoms with van der Waals surface area (Å²) in [4.78, 5) is 14.6. The van der Waals surface area contributed by atoms with Gasteiger partial charge in [0.15, 0.2) is 0 Å². The van der Waals surface area contributed by atoms with E-state index in [2.05, 4.69) is 69.3 Å². The number of fused-ring (bicyclic) bond motifs is 3. The molecule has 0 spiro atoms. The van der Waals surface area contributed by atoms with Gasteiger partial charge in [-0.2, -0.15) is 0 Å². The zero-order valence-corrected chi connectivity index (χ0v) is 14.3. The Kier molecular flexibility index (Phi) is 4.51. The van der Waals surface area contributed by atoms with E-state index in [4.69, 9.17) is 0 Å². The molecule has 0 radical (unpaired) electrons. The van der Waals surface area contributed by atoms with Crippen LogP contribution in [0.25, 0.3) is 11.1 Å². The van der Waals surface area contributed by atoms with Crippen molar-refractivity contribution in [3.05, 3.63) is 59.7 Å². The molecule has 0 bridgehead atoms. The first-order chi connectivity index (χ1) is 11.2. The van der Waals surface area contributed by atoms with Gasteiger partial charge in [0.2, 0.25) is 5.91 Å². The van der Waals surface area contributed by atoms with Gasteiger partial charge in [-0.15, -0.1) is 0 Å². The maximum absolute atomic E-state index is 12.7. The quantitative estimate of drug-likeness (QED) is 0.793. The summed E-state index contributed by atoms with van der Waals surface area (Å²) in [5, 5.41) is 0. The van der Waals surface area contributed by atoms with Crippen molar-refractivity contribution in [2.24, 2.45) is 0 Å². The minimum atomic E-state index is 0.259. The molecular weight excluding hydrogens is 282 g/mol. The molecule has 2 aromatic rings. The Labute approximate surface area is 139 Å². The van der Waals surface area contributed by atoms with Crippen LogP contribution in [0.4, 0.5) is 0 Å². The molecule has 0 aromatic heterocycles. The molecular formula is C21H25NO. The van der Waals surface area contributed by atoms with Crippen LogP contribution in [0.5, 0.6) is 0 Å². The van der Waals surface area contributed by atoms with Crippen LogP contribution in [0.1, 0.15) is 50.2 Å². The number of nitrogens with zero attached hydrogens (tertiary/aromatic N) is 1. The molecule has 0 aliphatic heterocycles. The molecule has 120 valence electrons. The van der Waals surface area contributed by atoms with Crippen LogP contribution in [0.3, 0.4) is 0 Å². The molecule has 1 amide bonds. The lowest BCUT2D eigenvalue weighted by Gasteiger charge is -2.34. The van der Waals surface area contributed by atoms with E-state index in [1.54, 1.807) is 0 Å². The van der Waals surface area contributed by atoms with Gasteiger partial charge in [-0.25, -0.2) is 0 Å². The topological polar surface area (TPSA) is 20.3 Å². The van der Waals surface area contributed by atoms with Crippen molar-refractivity contribution in [1.82, 2.24) is 4.90 Å². The minimum absolute atomic E-state index is 0.259. The first-order valence-electron chi connectivity index (χ1n) is 8.63. The molecule has 0 N–H and O–H groups in total. The van der Waals surface area contributed by atoms with Crippen LogP contribution in [0.2, 0.25) is 0 Å². The average molecular weight is 307 g/mol. The standard InChI is InChI=1S/C21H25NO/c1-4-22(5-2)21(23)14-20-15(3)16-10-6-7-11-17(16)18-12-8-9-13-19(18)20/h6-13,15,20H,4-5,14H2,1-3H3. The Bertz CT molecular complexity index is 702. The van der Waals surface area contributed by atoms with Crippen LogP contribution >= 0.6 is 0 Å². The summed E-state index contributed by atoms with van der Waals surface area (Å²) in [5.74, 6) is 0.885. The Morgan fingerprint density at radius 2 is 1.43 bits per heavy atom. The molecule has 0 saturated carbocycles. The summed E-state index contributed by atoms with van der Waals surface area (Å²) >= 11 is 0. The number of hydrogen-bond acceptors (Lipinski definition) is 1. The van der Waals surface area contributed by atoms with Crippen molar-refractivity contribution in [1.29, 1.82) is 0 Å². The lowest BCUT2D eigenvalue weighted by atomic mass is 9.71. The van der Waals surface area contributed by atoms with Crippen LogP contribution in [-0.4, -0.2) is 23.9 Å². The maximum Gasteiger partial charge on any atom is 0.223 e. The normalized spacial score (nSPS) is 18.9. The van der Waals surface area contributed by atoms with Gasteiger partial charge >= 0.3 is 0 Å². The second-order valence-corrected chi connectivity index (χ2v) is 6.34. The predicted molar refractivity (Wildman–Crippen MR) is 95.6 cm³/mol. The van der Waals surface area contributed by atoms with Gasteiger partial charge in [0, 0.05) is 19.5 Å². The molecule has 2 unspecified atom stereocenters. The van der Waals surface area contributed by atoms with Crippen molar-refractivity contribution in [3.8, 4) is 11.1 Å². The molecule has 0 fully saturated rings. The van der Waals surface area contributed by atoms with Gasteiger partial charge in [0.25, 0.3) is 0 Å². The highest BCUT2D eigenvalue weighted by atomic mass is 16.2. The monoisotopic (exact) mass is 307 g/mol. The second kappa shape index (κ2) is 6.57. The van der Waals surface area contributed by atoms with Crippen LogP contribution in [0, 0.1) is 0 Å². The SMILES string of the molecule is CCN(CC)C(=O)CC1c2ccccc2-c2ccccc2C1C. The zero-order valence-electron chi connectivity index (χ0n) is 14.3.